The smallest absolute Gasteiger partial charge is 0.253 e. The number of morpholine rings is 1. The van der Waals surface area contributed by atoms with Crippen LogP contribution in [0.15, 0.2) is 59.5 Å². The summed E-state index contributed by atoms with van der Waals surface area (Å²) in [5, 5.41) is 0.526. The molecule has 1 aliphatic heterocycles. The Hall–Kier alpha value is -1.93. The van der Waals surface area contributed by atoms with E-state index < -0.39 is 16.1 Å². The van der Waals surface area contributed by atoms with E-state index in [4.69, 9.17) is 16.3 Å². The number of sulfonamides is 1. The van der Waals surface area contributed by atoms with Gasteiger partial charge in [0.25, 0.3) is 5.91 Å². The number of nitrogens with zero attached hydrogens (tertiary/aromatic N) is 1. The Bertz CT molecular complexity index is 858. The highest BCUT2D eigenvalue weighted by atomic mass is 35.5. The van der Waals surface area contributed by atoms with E-state index in [1.165, 1.54) is 12.1 Å². The number of halogens is 1. The third-order valence-electron chi connectivity index (χ3n) is 3.80. The molecule has 8 heteroatoms. The molecule has 3 rings (SSSR count). The van der Waals surface area contributed by atoms with Gasteiger partial charge >= 0.3 is 0 Å². The van der Waals surface area contributed by atoms with Crippen molar-refractivity contribution >= 4 is 33.2 Å². The average Bonchev–Trinajstić information content (AvgIpc) is 2.62. The van der Waals surface area contributed by atoms with Crippen molar-refractivity contribution in [3.05, 3.63) is 59.6 Å². The Morgan fingerprint density at radius 1 is 1.16 bits per heavy atom. The monoisotopic (exact) mass is 380 g/mol. The number of anilines is 1. The van der Waals surface area contributed by atoms with Gasteiger partial charge in [-0.15, -0.1) is 0 Å². The molecule has 0 spiro atoms. The molecule has 1 amide bonds. The van der Waals surface area contributed by atoms with Crippen molar-refractivity contribution in [3.8, 4) is 0 Å². The van der Waals surface area contributed by atoms with Crippen LogP contribution < -0.4 is 9.62 Å². The number of carbonyl (C=O) groups excluding carboxylic acids is 1. The lowest BCUT2D eigenvalue weighted by Crippen LogP contribution is -2.50. The first-order chi connectivity index (χ1) is 12.0. The van der Waals surface area contributed by atoms with Crippen LogP contribution in [0.3, 0.4) is 0 Å². The maximum Gasteiger partial charge on any atom is 0.253 e. The first-order valence-electron chi connectivity index (χ1n) is 7.68. The third-order valence-corrected chi connectivity index (χ3v) is 5.48. The van der Waals surface area contributed by atoms with Gasteiger partial charge in [-0.25, -0.2) is 13.1 Å². The molecular formula is C17H17ClN2O4S. The summed E-state index contributed by atoms with van der Waals surface area (Å²) >= 11 is 5.98. The number of nitrogens with one attached hydrogen (secondary N) is 1. The molecule has 0 aromatic heterocycles. The fraction of sp³-hybridized carbons (Fsp3) is 0.235. The predicted molar refractivity (Wildman–Crippen MR) is 95.2 cm³/mol. The van der Waals surface area contributed by atoms with Crippen molar-refractivity contribution in [1.82, 2.24) is 4.72 Å². The zero-order valence-electron chi connectivity index (χ0n) is 13.3. The number of hydrogen-bond acceptors (Lipinski definition) is 4. The van der Waals surface area contributed by atoms with E-state index in [-0.39, 0.29) is 30.5 Å². The maximum atomic E-state index is 12.3. The largest absolute Gasteiger partial charge is 0.365 e. The van der Waals surface area contributed by atoms with Crippen LogP contribution >= 0.6 is 11.6 Å². The predicted octanol–water partition coefficient (Wildman–Crippen LogP) is 2.05. The van der Waals surface area contributed by atoms with Crippen LogP contribution in [0.25, 0.3) is 0 Å². The number of hydrogen-bond donors (Lipinski definition) is 1. The molecule has 2 aromatic carbocycles. The minimum atomic E-state index is -3.62. The normalized spacial score (nSPS) is 18.4. The van der Waals surface area contributed by atoms with E-state index >= 15 is 0 Å². The number of benzene rings is 2. The van der Waals surface area contributed by atoms with E-state index in [1.54, 1.807) is 47.4 Å². The zero-order chi connectivity index (χ0) is 17.9. The molecule has 1 atom stereocenters. The van der Waals surface area contributed by atoms with Gasteiger partial charge in [0.1, 0.15) is 6.61 Å². The maximum absolute atomic E-state index is 12.3. The highest BCUT2D eigenvalue weighted by molar-refractivity contribution is 7.89. The van der Waals surface area contributed by atoms with E-state index in [2.05, 4.69) is 4.72 Å². The summed E-state index contributed by atoms with van der Waals surface area (Å²) < 4.78 is 32.5. The Kier molecular flexibility index (Phi) is 5.39. The second-order valence-electron chi connectivity index (χ2n) is 5.58. The van der Waals surface area contributed by atoms with Crippen molar-refractivity contribution in [2.75, 3.05) is 24.6 Å². The second-order valence-corrected chi connectivity index (χ2v) is 7.79. The molecule has 2 aromatic rings. The minimum Gasteiger partial charge on any atom is -0.365 e. The molecule has 1 heterocycles. The zero-order valence-corrected chi connectivity index (χ0v) is 14.8. The molecule has 0 bridgehead atoms. The van der Waals surface area contributed by atoms with Crippen molar-refractivity contribution in [1.29, 1.82) is 0 Å². The van der Waals surface area contributed by atoms with Crippen LogP contribution in [0, 0.1) is 0 Å². The number of rotatable bonds is 5. The van der Waals surface area contributed by atoms with Crippen LogP contribution in [0.2, 0.25) is 5.02 Å². The molecular weight excluding hydrogens is 364 g/mol. The van der Waals surface area contributed by atoms with Crippen LogP contribution in [-0.2, 0) is 19.6 Å². The molecule has 1 aliphatic rings. The Balaban J connectivity index is 1.67. The first kappa shape index (κ1) is 17.9. The lowest BCUT2D eigenvalue weighted by atomic mass is 10.2. The van der Waals surface area contributed by atoms with Gasteiger partial charge in [-0.2, -0.15) is 0 Å². The topological polar surface area (TPSA) is 75.7 Å². The highest BCUT2D eigenvalue weighted by Crippen LogP contribution is 2.22. The average molecular weight is 381 g/mol. The molecule has 25 heavy (non-hydrogen) atoms. The van der Waals surface area contributed by atoms with Gasteiger partial charge in [-0.05, 0) is 30.3 Å². The summed E-state index contributed by atoms with van der Waals surface area (Å²) in [6.07, 6.45) is -0.449. The lowest BCUT2D eigenvalue weighted by Gasteiger charge is -2.32. The van der Waals surface area contributed by atoms with E-state index in [9.17, 15) is 13.2 Å². The summed E-state index contributed by atoms with van der Waals surface area (Å²) in [6, 6.07) is 15.1. The molecule has 1 saturated heterocycles. The fourth-order valence-corrected chi connectivity index (χ4v) is 3.80. The van der Waals surface area contributed by atoms with Crippen LogP contribution in [-0.4, -0.2) is 40.1 Å². The number of carbonyl (C=O) groups is 1. The highest BCUT2D eigenvalue weighted by Gasteiger charge is 2.28. The molecule has 1 N–H and O–H groups in total. The molecule has 1 fully saturated rings. The quantitative estimate of drug-likeness (QED) is 0.861. The van der Waals surface area contributed by atoms with E-state index in [0.29, 0.717) is 10.7 Å². The summed E-state index contributed by atoms with van der Waals surface area (Å²) in [5.74, 6) is -0.190. The van der Waals surface area contributed by atoms with Crippen molar-refractivity contribution in [2.24, 2.45) is 0 Å². The molecule has 1 unspecified atom stereocenters. The Labute approximate surface area is 151 Å². The lowest BCUT2D eigenvalue weighted by molar-refractivity contribution is -0.129. The molecule has 6 nitrogen and oxygen atoms in total. The molecule has 132 valence electrons. The van der Waals surface area contributed by atoms with Gasteiger partial charge in [0.05, 0.1) is 17.5 Å². The van der Waals surface area contributed by atoms with Gasteiger partial charge in [0.2, 0.25) is 10.0 Å². The van der Waals surface area contributed by atoms with Gasteiger partial charge in [0.15, 0.2) is 0 Å². The van der Waals surface area contributed by atoms with Crippen molar-refractivity contribution < 1.29 is 17.9 Å². The second kappa shape index (κ2) is 7.53. The Morgan fingerprint density at radius 3 is 2.64 bits per heavy atom. The number of ether oxygens (including phenoxy) is 1. The Morgan fingerprint density at radius 2 is 1.92 bits per heavy atom. The summed E-state index contributed by atoms with van der Waals surface area (Å²) in [7, 11) is -3.62. The summed E-state index contributed by atoms with van der Waals surface area (Å²) in [6.45, 7) is 0.211. The van der Waals surface area contributed by atoms with Gasteiger partial charge < -0.3 is 9.64 Å². The van der Waals surface area contributed by atoms with E-state index in [1.807, 2.05) is 0 Å². The van der Waals surface area contributed by atoms with Gasteiger partial charge in [-0.3, -0.25) is 4.79 Å². The molecule has 0 aliphatic carbocycles. The standard InChI is InChI=1S/C17H17ClN2O4S/c18-13-5-4-6-14(9-13)20-11-15(24-12-17(20)21)10-19-25(22,23)16-7-2-1-3-8-16/h1-9,15,19H,10-12H2. The third kappa shape index (κ3) is 4.38. The van der Waals surface area contributed by atoms with Crippen molar-refractivity contribution in [3.63, 3.8) is 0 Å². The summed E-state index contributed by atoms with van der Waals surface area (Å²) in [5.41, 5.74) is 0.664. The van der Waals surface area contributed by atoms with Gasteiger partial charge in [0, 0.05) is 17.3 Å². The first-order valence-corrected chi connectivity index (χ1v) is 9.54. The van der Waals surface area contributed by atoms with Crippen LogP contribution in [0.4, 0.5) is 5.69 Å². The minimum absolute atomic E-state index is 0.0710. The van der Waals surface area contributed by atoms with Crippen LogP contribution in [0.1, 0.15) is 0 Å². The van der Waals surface area contributed by atoms with E-state index in [0.717, 1.165) is 0 Å². The van der Waals surface area contributed by atoms with Crippen LogP contribution in [0.5, 0.6) is 0 Å². The van der Waals surface area contributed by atoms with Crippen molar-refractivity contribution in [2.45, 2.75) is 11.0 Å². The van der Waals surface area contributed by atoms with Gasteiger partial charge in [-0.1, -0.05) is 35.9 Å². The number of amides is 1. The molecule has 0 radical (unpaired) electrons. The fourth-order valence-electron chi connectivity index (χ4n) is 2.53. The molecule has 0 saturated carbocycles. The summed E-state index contributed by atoms with van der Waals surface area (Å²) in [4.78, 5) is 13.8. The SMILES string of the molecule is O=C1COC(CNS(=O)(=O)c2ccccc2)CN1c1cccc(Cl)c1.